The Balaban J connectivity index is 0.696. The van der Waals surface area contributed by atoms with Gasteiger partial charge in [0, 0.05) is 101 Å². The number of phenolic OH excluding ortho intramolecular Hbond substituents is 1. The average Bonchev–Trinajstić information content (AvgIpc) is 3.65. The van der Waals surface area contributed by atoms with Gasteiger partial charge in [0.2, 0.25) is 17.7 Å². The summed E-state index contributed by atoms with van der Waals surface area (Å²) in [6, 6.07) is 12.0. The number of amides is 4. The number of rotatable bonds is 10. The lowest BCUT2D eigenvalue weighted by molar-refractivity contribution is -0.145. The number of imide groups is 1. The predicted octanol–water partition coefficient (Wildman–Crippen LogP) is 5.20. The van der Waals surface area contributed by atoms with E-state index in [4.69, 9.17) is 4.74 Å². The van der Waals surface area contributed by atoms with Crippen molar-refractivity contribution >= 4 is 40.7 Å². The molecule has 6 fully saturated rings. The monoisotopic (exact) mass is 909 g/mol. The Bertz CT molecular complexity index is 2370. The van der Waals surface area contributed by atoms with E-state index in [0.29, 0.717) is 86.1 Å². The molecule has 16 heteroatoms. The molecule has 14 nitrogen and oxygen atoms in total. The number of hydrogen-bond donors (Lipinski definition) is 3. The highest BCUT2D eigenvalue weighted by Crippen LogP contribution is 2.62. The minimum absolute atomic E-state index is 0.0339. The summed E-state index contributed by atoms with van der Waals surface area (Å²) in [5, 5.41) is 23.4. The number of carbonyl (C=O) groups excluding carboxylic acids is 4. The van der Waals surface area contributed by atoms with Crippen molar-refractivity contribution in [1.82, 2.24) is 20.0 Å². The summed E-state index contributed by atoms with van der Waals surface area (Å²) in [4.78, 5) is 63.9. The lowest BCUT2D eigenvalue weighted by Gasteiger charge is -2.58. The molecule has 0 aromatic heterocycles. The van der Waals surface area contributed by atoms with Crippen LogP contribution >= 0.6 is 0 Å². The number of nitrogens with one attached hydrogen (secondary N) is 1. The molecule has 5 saturated heterocycles. The average molecular weight is 910 g/mol. The van der Waals surface area contributed by atoms with Gasteiger partial charge in [-0.05, 0) is 112 Å². The van der Waals surface area contributed by atoms with Crippen molar-refractivity contribution < 1.29 is 42.9 Å². The molecule has 6 heterocycles. The molecule has 10 rings (SSSR count). The number of carbonyl (C=O) groups is 4. The number of anilines is 3. The molecule has 1 aliphatic carbocycles. The van der Waals surface area contributed by atoms with Crippen molar-refractivity contribution in [3.63, 3.8) is 0 Å². The van der Waals surface area contributed by atoms with Gasteiger partial charge in [-0.3, -0.25) is 29.4 Å². The van der Waals surface area contributed by atoms with Crippen LogP contribution in [0.1, 0.15) is 91.7 Å². The van der Waals surface area contributed by atoms with Crippen molar-refractivity contribution in [3.05, 3.63) is 76.9 Å². The number of benzene rings is 3. The van der Waals surface area contributed by atoms with Gasteiger partial charge in [0.25, 0.3) is 5.91 Å². The SMILES string of the molecule is COc1cc(N2CCC(CN3CCN(CC4CCN(c5ccc6c(c5)CN([C@H]5CCC(=O)NC5=O)C6=O)CC4)CC3)CC2)c(F)cc1[C@@H]1N(c2cccc(F)c2O)C(=O)C12CCC(O)CC2. The highest BCUT2D eigenvalue weighted by atomic mass is 19.1. The minimum Gasteiger partial charge on any atom is -0.503 e. The second-order valence-electron chi connectivity index (χ2n) is 19.8. The number of hydrogen-bond acceptors (Lipinski definition) is 11. The maximum atomic E-state index is 16.4. The summed E-state index contributed by atoms with van der Waals surface area (Å²) in [7, 11) is 1.53. The van der Waals surface area contributed by atoms with Gasteiger partial charge in [0.05, 0.1) is 36.0 Å². The fraction of sp³-hybridized carbons (Fsp3) is 0.560. The number of aromatic hydroxyl groups is 1. The molecule has 7 aliphatic rings. The topological polar surface area (TPSA) is 149 Å². The Labute approximate surface area is 384 Å². The largest absolute Gasteiger partial charge is 0.503 e. The van der Waals surface area contributed by atoms with E-state index in [9.17, 15) is 33.8 Å². The van der Waals surface area contributed by atoms with Crippen LogP contribution in [-0.4, -0.2) is 133 Å². The first-order chi connectivity index (χ1) is 31.9. The zero-order chi connectivity index (χ0) is 45.9. The fourth-order valence-electron chi connectivity index (χ4n) is 12.2. The molecule has 3 aromatic carbocycles. The van der Waals surface area contributed by atoms with Crippen LogP contribution in [0.25, 0.3) is 0 Å². The number of β-lactam (4-membered cyclic amide) rings is 1. The molecule has 4 amide bonds. The van der Waals surface area contributed by atoms with Gasteiger partial charge in [0.15, 0.2) is 11.6 Å². The quantitative estimate of drug-likeness (QED) is 0.182. The number of phenols is 1. The highest BCUT2D eigenvalue weighted by Gasteiger charge is 2.63. The molecule has 0 unspecified atom stereocenters. The van der Waals surface area contributed by atoms with E-state index in [1.807, 2.05) is 12.1 Å². The fourth-order valence-corrected chi connectivity index (χ4v) is 12.2. The number of aliphatic hydroxyl groups is 1. The van der Waals surface area contributed by atoms with Crippen LogP contribution in [0, 0.1) is 28.9 Å². The van der Waals surface area contributed by atoms with Crippen LogP contribution in [0.5, 0.6) is 11.5 Å². The number of piperidine rings is 3. The number of fused-ring (bicyclic) bond motifs is 1. The molecular weight excluding hydrogens is 849 g/mol. The molecule has 1 spiro atoms. The van der Waals surface area contributed by atoms with Gasteiger partial charge in [-0.15, -0.1) is 0 Å². The van der Waals surface area contributed by atoms with Gasteiger partial charge in [-0.1, -0.05) is 6.07 Å². The molecule has 66 heavy (non-hydrogen) atoms. The standard InChI is InChI=1S/C50H61F2N7O7/c1-66-43-27-42(39(52)26-37(43)46-50(15-9-35(60)10-16-50)49(65)59(46)40-4-2-3-38(51)45(40)62)57-19-13-32(14-20-57)29-55-23-21-54(22-24-55)28-31-11-17-56(18-12-31)34-5-6-36-33(25-34)30-58(48(36)64)41-7-8-44(61)53-47(41)63/h2-6,25-27,31-32,35,41,46,60,62H,7-24,28-30H2,1H3,(H,53,61,63)/t35?,41-,46-,50?/m0/s1. The van der Waals surface area contributed by atoms with Gasteiger partial charge in [-0.2, -0.15) is 0 Å². The number of nitrogens with zero attached hydrogens (tertiary/aromatic N) is 6. The highest BCUT2D eigenvalue weighted by molar-refractivity contribution is 6.08. The van der Waals surface area contributed by atoms with E-state index in [1.165, 1.54) is 30.2 Å². The third kappa shape index (κ3) is 8.16. The first-order valence-electron chi connectivity index (χ1n) is 24.0. The van der Waals surface area contributed by atoms with Crippen LogP contribution < -0.4 is 24.8 Å². The van der Waals surface area contributed by atoms with Crippen LogP contribution in [0.3, 0.4) is 0 Å². The number of ether oxygens (including phenoxy) is 1. The molecule has 2 atom stereocenters. The Kier molecular flexibility index (Phi) is 12.2. The summed E-state index contributed by atoms with van der Waals surface area (Å²) in [5.41, 5.74) is 2.72. The van der Waals surface area contributed by atoms with Gasteiger partial charge in [-0.25, -0.2) is 8.78 Å². The zero-order valence-corrected chi connectivity index (χ0v) is 37.7. The second-order valence-corrected chi connectivity index (χ2v) is 19.8. The van der Waals surface area contributed by atoms with E-state index in [1.54, 1.807) is 11.0 Å². The summed E-state index contributed by atoms with van der Waals surface area (Å²) in [5.74, 6) is -1.42. The number of methoxy groups -OCH3 is 1. The van der Waals surface area contributed by atoms with Crippen LogP contribution in [0.2, 0.25) is 0 Å². The summed E-state index contributed by atoms with van der Waals surface area (Å²) >= 11 is 0. The Hall–Kier alpha value is -5.32. The third-order valence-corrected chi connectivity index (χ3v) is 16.0. The van der Waals surface area contributed by atoms with Gasteiger partial charge >= 0.3 is 0 Å². The summed E-state index contributed by atoms with van der Waals surface area (Å²) in [6.45, 7) is 10.0. The smallest absolute Gasteiger partial charge is 0.255 e. The third-order valence-electron chi connectivity index (χ3n) is 16.0. The first-order valence-corrected chi connectivity index (χ1v) is 24.0. The first kappa shape index (κ1) is 44.5. The van der Waals surface area contributed by atoms with E-state index < -0.39 is 41.0 Å². The van der Waals surface area contributed by atoms with Crippen molar-refractivity contribution in [2.45, 2.75) is 88.9 Å². The van der Waals surface area contributed by atoms with Crippen molar-refractivity contribution in [1.29, 1.82) is 0 Å². The molecule has 0 bridgehead atoms. The Morgan fingerprint density at radius 1 is 0.758 bits per heavy atom. The molecule has 1 saturated carbocycles. The predicted molar refractivity (Wildman–Crippen MR) is 243 cm³/mol. The number of aliphatic hydroxyl groups excluding tert-OH is 1. The lowest BCUT2D eigenvalue weighted by atomic mass is 9.59. The number of halogens is 2. The van der Waals surface area contributed by atoms with Crippen molar-refractivity contribution in [2.75, 3.05) is 87.3 Å². The maximum absolute atomic E-state index is 16.4. The number of piperazine rings is 1. The lowest BCUT2D eigenvalue weighted by Crippen LogP contribution is -2.65. The molecule has 352 valence electrons. The van der Waals surface area contributed by atoms with E-state index >= 15 is 4.39 Å². The Morgan fingerprint density at radius 3 is 2.05 bits per heavy atom. The maximum Gasteiger partial charge on any atom is 0.255 e. The van der Waals surface area contributed by atoms with E-state index in [2.05, 4.69) is 31.0 Å². The molecule has 3 N–H and O–H groups in total. The van der Waals surface area contributed by atoms with Crippen LogP contribution in [0.4, 0.5) is 25.8 Å². The minimum atomic E-state index is -0.926. The number of para-hydroxylation sites is 1. The normalized spacial score (nSPS) is 27.1. The van der Waals surface area contributed by atoms with E-state index in [-0.39, 0.29) is 35.7 Å². The Morgan fingerprint density at radius 2 is 1.41 bits per heavy atom. The van der Waals surface area contributed by atoms with Gasteiger partial charge in [0.1, 0.15) is 17.6 Å². The molecule has 6 aliphatic heterocycles. The second kappa shape index (κ2) is 18.1. The molecular formula is C50H61F2N7O7. The van der Waals surface area contributed by atoms with Crippen LogP contribution in [-0.2, 0) is 20.9 Å². The van der Waals surface area contributed by atoms with E-state index in [0.717, 1.165) is 95.4 Å². The molecule has 3 aromatic rings. The molecule has 0 radical (unpaired) electrons. The summed E-state index contributed by atoms with van der Waals surface area (Å²) < 4.78 is 36.8. The van der Waals surface area contributed by atoms with Gasteiger partial charge < -0.3 is 39.4 Å². The summed E-state index contributed by atoms with van der Waals surface area (Å²) in [6.07, 6.45) is 5.79. The van der Waals surface area contributed by atoms with Crippen LogP contribution in [0.15, 0.2) is 48.5 Å². The van der Waals surface area contributed by atoms with Crippen molar-refractivity contribution in [3.8, 4) is 11.5 Å². The van der Waals surface area contributed by atoms with Crippen molar-refractivity contribution in [2.24, 2.45) is 17.3 Å². The zero-order valence-electron chi connectivity index (χ0n) is 37.7.